The normalized spacial score (nSPS) is 27.2. The highest BCUT2D eigenvalue weighted by molar-refractivity contribution is 5.48. The molecule has 2 atom stereocenters. The van der Waals surface area contributed by atoms with E-state index in [1.165, 1.54) is 12.1 Å². The van der Waals surface area contributed by atoms with Gasteiger partial charge in [0.25, 0.3) is 0 Å². The molecule has 0 saturated heterocycles. The predicted molar refractivity (Wildman–Crippen MR) is 83.6 cm³/mol. The summed E-state index contributed by atoms with van der Waals surface area (Å²) in [5.41, 5.74) is 4.33. The molecule has 134 valence electrons. The zero-order chi connectivity index (χ0) is 17.8. The number of ether oxygens (including phenoxy) is 1. The molecule has 0 aromatic heterocycles. The fraction of sp³-hybridized carbons (Fsp3) is 0.667. The molecule has 2 N–H and O–H groups in total. The van der Waals surface area contributed by atoms with E-state index in [-0.39, 0.29) is 12.8 Å². The lowest BCUT2D eigenvalue weighted by Gasteiger charge is -2.42. The Morgan fingerprint density at radius 3 is 2.58 bits per heavy atom. The van der Waals surface area contributed by atoms with Crippen molar-refractivity contribution in [2.45, 2.75) is 63.6 Å². The number of hydrogen-bond acceptors (Lipinski definition) is 2. The highest BCUT2D eigenvalue weighted by Crippen LogP contribution is 2.56. The van der Waals surface area contributed by atoms with Gasteiger partial charge in [0.1, 0.15) is 11.6 Å². The summed E-state index contributed by atoms with van der Waals surface area (Å²) in [4.78, 5) is 0. The van der Waals surface area contributed by atoms with Crippen LogP contribution in [-0.4, -0.2) is 18.8 Å². The van der Waals surface area contributed by atoms with E-state index in [9.17, 15) is 17.6 Å². The molecule has 2 nitrogen and oxygen atoms in total. The number of fused-ring (bicyclic) bond motifs is 1. The molecular formula is C18H23F4NO. The van der Waals surface area contributed by atoms with Gasteiger partial charge in [0.2, 0.25) is 0 Å². The van der Waals surface area contributed by atoms with Crippen LogP contribution >= 0.6 is 0 Å². The van der Waals surface area contributed by atoms with Crippen LogP contribution in [0.4, 0.5) is 17.6 Å². The van der Waals surface area contributed by atoms with Crippen molar-refractivity contribution in [2.75, 3.05) is 6.61 Å². The maximum absolute atomic E-state index is 14.0. The van der Waals surface area contributed by atoms with Crippen molar-refractivity contribution < 1.29 is 22.3 Å². The first-order valence-corrected chi connectivity index (χ1v) is 8.35. The lowest BCUT2D eigenvalue weighted by atomic mass is 9.66. The van der Waals surface area contributed by atoms with Crippen LogP contribution in [0.25, 0.3) is 0 Å². The summed E-state index contributed by atoms with van der Waals surface area (Å²) >= 11 is 0. The van der Waals surface area contributed by atoms with Gasteiger partial charge in [-0.15, -0.1) is 0 Å². The molecule has 1 aliphatic heterocycles. The van der Waals surface area contributed by atoms with Crippen LogP contribution in [0.15, 0.2) is 12.1 Å². The monoisotopic (exact) mass is 345 g/mol. The molecule has 1 aromatic rings. The Balaban J connectivity index is 2.03. The van der Waals surface area contributed by atoms with Crippen molar-refractivity contribution in [3.8, 4) is 5.75 Å². The van der Waals surface area contributed by atoms with Crippen LogP contribution in [0.5, 0.6) is 5.75 Å². The first-order valence-electron chi connectivity index (χ1n) is 8.35. The fourth-order valence-electron chi connectivity index (χ4n) is 4.43. The van der Waals surface area contributed by atoms with E-state index >= 15 is 0 Å². The van der Waals surface area contributed by atoms with Gasteiger partial charge in [0.15, 0.2) is 0 Å². The Morgan fingerprint density at radius 2 is 2.00 bits per heavy atom. The predicted octanol–water partition coefficient (Wildman–Crippen LogP) is 4.49. The third-order valence-corrected chi connectivity index (χ3v) is 5.65. The van der Waals surface area contributed by atoms with Crippen molar-refractivity contribution >= 4 is 0 Å². The standard InChI is InChI=1S/C18H23F4NO/c1-16(2,10-17(18(20,21)22)6-3-4-14(17)23)13-9-12(19)8-11-5-7-24-15(11)13/h8-9,14H,3-7,10,23H2,1-2H3/t14-,17-/m1/s1. The van der Waals surface area contributed by atoms with Gasteiger partial charge in [-0.1, -0.05) is 20.3 Å². The van der Waals surface area contributed by atoms with Crippen LogP contribution in [0, 0.1) is 11.2 Å². The van der Waals surface area contributed by atoms with Crippen LogP contribution < -0.4 is 10.5 Å². The minimum Gasteiger partial charge on any atom is -0.493 e. The quantitative estimate of drug-likeness (QED) is 0.820. The highest BCUT2D eigenvalue weighted by atomic mass is 19.4. The van der Waals surface area contributed by atoms with E-state index in [0.717, 1.165) is 5.56 Å². The van der Waals surface area contributed by atoms with Gasteiger partial charge in [0.05, 0.1) is 12.0 Å². The molecule has 1 saturated carbocycles. The van der Waals surface area contributed by atoms with E-state index in [1.807, 2.05) is 0 Å². The topological polar surface area (TPSA) is 35.2 Å². The molecule has 24 heavy (non-hydrogen) atoms. The Kier molecular flexibility index (Phi) is 4.10. The van der Waals surface area contributed by atoms with Gasteiger partial charge < -0.3 is 10.5 Å². The van der Waals surface area contributed by atoms with Crippen LogP contribution in [0.3, 0.4) is 0 Å². The first kappa shape index (κ1) is 17.5. The largest absolute Gasteiger partial charge is 0.493 e. The molecule has 1 heterocycles. The summed E-state index contributed by atoms with van der Waals surface area (Å²) in [5.74, 6) is 0.115. The second kappa shape index (κ2) is 5.61. The molecule has 0 unspecified atom stereocenters. The minimum atomic E-state index is -4.38. The molecule has 3 rings (SSSR count). The number of benzene rings is 1. The summed E-state index contributed by atoms with van der Waals surface area (Å²) in [7, 11) is 0. The Morgan fingerprint density at radius 1 is 1.29 bits per heavy atom. The number of halogens is 4. The van der Waals surface area contributed by atoms with Crippen LogP contribution in [-0.2, 0) is 11.8 Å². The van der Waals surface area contributed by atoms with E-state index < -0.39 is 28.9 Å². The SMILES string of the molecule is CC(C)(C[C@]1(C(F)(F)F)CCC[C@H]1N)c1cc(F)cc2c1OCC2. The lowest BCUT2D eigenvalue weighted by molar-refractivity contribution is -0.233. The first-order chi connectivity index (χ1) is 11.1. The molecule has 1 fully saturated rings. The van der Waals surface area contributed by atoms with Crippen LogP contribution in [0.1, 0.15) is 50.7 Å². The molecule has 0 spiro atoms. The van der Waals surface area contributed by atoms with Crippen molar-refractivity contribution in [1.29, 1.82) is 0 Å². The molecule has 6 heteroatoms. The Labute approximate surface area is 139 Å². The van der Waals surface area contributed by atoms with E-state index in [2.05, 4.69) is 0 Å². The summed E-state index contributed by atoms with van der Waals surface area (Å²) in [6, 6.07) is 1.80. The second-order valence-corrected chi connectivity index (χ2v) is 7.75. The van der Waals surface area contributed by atoms with E-state index in [0.29, 0.717) is 37.2 Å². The summed E-state index contributed by atoms with van der Waals surface area (Å²) in [6.07, 6.45) is -3.09. The molecule has 0 radical (unpaired) electrons. The summed E-state index contributed by atoms with van der Waals surface area (Å²) < 4.78 is 61.2. The van der Waals surface area contributed by atoms with Crippen molar-refractivity contribution in [3.63, 3.8) is 0 Å². The Bertz CT molecular complexity index is 641. The summed E-state index contributed by atoms with van der Waals surface area (Å²) in [6.45, 7) is 3.89. The molecule has 0 amide bonds. The molecular weight excluding hydrogens is 322 g/mol. The third-order valence-electron chi connectivity index (χ3n) is 5.65. The van der Waals surface area contributed by atoms with Gasteiger partial charge in [-0.25, -0.2) is 4.39 Å². The maximum atomic E-state index is 14.0. The van der Waals surface area contributed by atoms with Crippen LogP contribution in [0.2, 0.25) is 0 Å². The molecule has 1 aliphatic carbocycles. The molecule has 1 aromatic carbocycles. The number of alkyl halides is 3. The lowest BCUT2D eigenvalue weighted by Crippen LogP contribution is -2.51. The zero-order valence-electron chi connectivity index (χ0n) is 14.0. The van der Waals surface area contributed by atoms with E-state index in [4.69, 9.17) is 10.5 Å². The van der Waals surface area contributed by atoms with Gasteiger partial charge in [-0.05, 0) is 36.8 Å². The highest BCUT2D eigenvalue weighted by Gasteiger charge is 2.61. The fourth-order valence-corrected chi connectivity index (χ4v) is 4.43. The average Bonchev–Trinajstić information content (AvgIpc) is 3.04. The Hall–Kier alpha value is -1.30. The van der Waals surface area contributed by atoms with Gasteiger partial charge >= 0.3 is 6.18 Å². The van der Waals surface area contributed by atoms with E-state index in [1.54, 1.807) is 13.8 Å². The number of hydrogen-bond donors (Lipinski definition) is 1. The van der Waals surface area contributed by atoms with Gasteiger partial charge in [-0.3, -0.25) is 0 Å². The summed E-state index contributed by atoms with van der Waals surface area (Å²) in [5, 5.41) is 0. The van der Waals surface area contributed by atoms with Gasteiger partial charge in [-0.2, -0.15) is 13.2 Å². The maximum Gasteiger partial charge on any atom is 0.396 e. The number of nitrogens with two attached hydrogens (primary N) is 1. The van der Waals surface area contributed by atoms with Crippen molar-refractivity contribution in [1.82, 2.24) is 0 Å². The van der Waals surface area contributed by atoms with Crippen molar-refractivity contribution in [3.05, 3.63) is 29.1 Å². The van der Waals surface area contributed by atoms with Gasteiger partial charge in [0, 0.05) is 23.6 Å². The smallest absolute Gasteiger partial charge is 0.396 e. The average molecular weight is 345 g/mol. The number of rotatable bonds is 3. The zero-order valence-corrected chi connectivity index (χ0v) is 14.0. The van der Waals surface area contributed by atoms with Crippen molar-refractivity contribution in [2.24, 2.45) is 11.1 Å². The second-order valence-electron chi connectivity index (χ2n) is 7.75. The third kappa shape index (κ3) is 2.68. The molecule has 2 aliphatic rings. The molecule has 0 bridgehead atoms. The minimum absolute atomic E-state index is 0.0272.